The van der Waals surface area contributed by atoms with Crippen molar-refractivity contribution in [3.05, 3.63) is 40.5 Å². The Balaban J connectivity index is 3.35. The van der Waals surface area contributed by atoms with Gasteiger partial charge in [-0.1, -0.05) is 59.8 Å². The first-order chi connectivity index (χ1) is 9.88. The van der Waals surface area contributed by atoms with E-state index in [2.05, 4.69) is 59.8 Å². The number of rotatable bonds is 7. The Bertz CT molecular complexity index is 467. The first-order valence-corrected chi connectivity index (χ1v) is 7.78. The molecule has 1 aromatic carbocycles. The van der Waals surface area contributed by atoms with E-state index in [0.29, 0.717) is 30.8 Å². The van der Waals surface area contributed by atoms with Crippen LogP contribution < -0.4 is 0 Å². The molecule has 1 aromatic rings. The number of ether oxygens (including phenoxy) is 1. The van der Waals surface area contributed by atoms with Crippen LogP contribution in [0, 0.1) is 0 Å². The summed E-state index contributed by atoms with van der Waals surface area (Å²) in [5.74, 6) is 1.46. The largest absolute Gasteiger partial charge is 0.464 e. The Labute approximate surface area is 129 Å². The maximum absolute atomic E-state index is 10.2. The molecule has 0 fully saturated rings. The van der Waals surface area contributed by atoms with E-state index in [1.165, 1.54) is 22.3 Å². The first-order valence-electron chi connectivity index (χ1n) is 7.78. The molecule has 2 nitrogen and oxygen atoms in total. The van der Waals surface area contributed by atoms with Crippen LogP contribution >= 0.6 is 0 Å². The molecule has 0 radical (unpaired) electrons. The molecule has 21 heavy (non-hydrogen) atoms. The molecule has 0 bridgehead atoms. The van der Waals surface area contributed by atoms with Crippen molar-refractivity contribution in [2.75, 3.05) is 6.61 Å². The highest BCUT2D eigenvalue weighted by atomic mass is 16.5. The third-order valence-electron chi connectivity index (χ3n) is 3.72. The maximum atomic E-state index is 10.2. The molecule has 0 amide bonds. The minimum Gasteiger partial charge on any atom is -0.464 e. The van der Waals surface area contributed by atoms with Crippen LogP contribution in [0.1, 0.15) is 81.5 Å². The summed E-state index contributed by atoms with van der Waals surface area (Å²) in [6, 6.07) is 4.64. The Morgan fingerprint density at radius 1 is 0.952 bits per heavy atom. The van der Waals surface area contributed by atoms with Gasteiger partial charge in [0.05, 0.1) is 0 Å². The van der Waals surface area contributed by atoms with Crippen molar-refractivity contribution in [1.82, 2.24) is 0 Å². The van der Waals surface area contributed by atoms with E-state index in [9.17, 15) is 4.79 Å². The lowest BCUT2D eigenvalue weighted by molar-refractivity contribution is -0.127. The molecular formula is C19H28O2. The van der Waals surface area contributed by atoms with E-state index in [0.717, 1.165) is 0 Å². The topological polar surface area (TPSA) is 26.3 Å². The van der Waals surface area contributed by atoms with Crippen molar-refractivity contribution in [3.8, 4) is 0 Å². The molecule has 0 aliphatic heterocycles. The lowest BCUT2D eigenvalue weighted by Crippen LogP contribution is -2.03. The molecule has 0 saturated carbocycles. The van der Waals surface area contributed by atoms with E-state index in [1.54, 1.807) is 0 Å². The summed E-state index contributed by atoms with van der Waals surface area (Å²) >= 11 is 0. The molecule has 0 unspecified atom stereocenters. The molecule has 0 aliphatic carbocycles. The standard InChI is InChI=1S/C19H28O2/c1-13(2)16-10-18(14(3)4)17(8-7-9-21-12-20)19(11-16)15(5)6/h7-8,10-15H,9H2,1-6H3. The smallest absolute Gasteiger partial charge is 0.293 e. The molecule has 0 atom stereocenters. The Morgan fingerprint density at radius 2 is 1.48 bits per heavy atom. The second-order valence-corrected chi connectivity index (χ2v) is 6.41. The number of carbonyl (C=O) groups is 1. The van der Waals surface area contributed by atoms with E-state index in [1.807, 2.05) is 6.08 Å². The van der Waals surface area contributed by atoms with Crippen molar-refractivity contribution in [2.24, 2.45) is 0 Å². The molecule has 1 rings (SSSR count). The van der Waals surface area contributed by atoms with Crippen LogP contribution in [0.4, 0.5) is 0 Å². The molecule has 0 saturated heterocycles. The number of hydrogen-bond donors (Lipinski definition) is 0. The summed E-state index contributed by atoms with van der Waals surface area (Å²) < 4.78 is 4.75. The van der Waals surface area contributed by atoms with Gasteiger partial charge in [-0.3, -0.25) is 4.79 Å². The van der Waals surface area contributed by atoms with Crippen LogP contribution in [-0.2, 0) is 9.53 Å². The van der Waals surface area contributed by atoms with Crippen molar-refractivity contribution in [2.45, 2.75) is 59.3 Å². The fourth-order valence-electron chi connectivity index (χ4n) is 2.46. The molecule has 2 heteroatoms. The van der Waals surface area contributed by atoms with Crippen molar-refractivity contribution in [3.63, 3.8) is 0 Å². The summed E-state index contributed by atoms with van der Waals surface area (Å²) in [7, 11) is 0. The predicted octanol–water partition coefficient (Wildman–Crippen LogP) is 5.24. The third-order valence-corrected chi connectivity index (χ3v) is 3.72. The molecule has 0 heterocycles. The molecule has 116 valence electrons. The highest BCUT2D eigenvalue weighted by Crippen LogP contribution is 2.32. The van der Waals surface area contributed by atoms with Gasteiger partial charge in [-0.2, -0.15) is 0 Å². The van der Waals surface area contributed by atoms with E-state index < -0.39 is 0 Å². The van der Waals surface area contributed by atoms with Gasteiger partial charge in [0, 0.05) is 0 Å². The second kappa shape index (κ2) is 8.02. The van der Waals surface area contributed by atoms with Crippen molar-refractivity contribution < 1.29 is 9.53 Å². The zero-order valence-corrected chi connectivity index (χ0v) is 14.1. The maximum Gasteiger partial charge on any atom is 0.293 e. The van der Waals surface area contributed by atoms with E-state index in [-0.39, 0.29) is 0 Å². The highest BCUT2D eigenvalue weighted by Gasteiger charge is 2.15. The van der Waals surface area contributed by atoms with Gasteiger partial charge in [0.15, 0.2) is 0 Å². The minimum absolute atomic E-state index is 0.324. The number of benzene rings is 1. The SMILES string of the molecule is CC(C)c1cc(C(C)C)c(C=CCOC=O)c(C(C)C)c1. The summed E-state index contributed by atoms with van der Waals surface area (Å²) in [6.07, 6.45) is 4.01. The van der Waals surface area contributed by atoms with Gasteiger partial charge in [0.1, 0.15) is 6.61 Å². The van der Waals surface area contributed by atoms with Crippen LogP contribution in [0.15, 0.2) is 18.2 Å². The van der Waals surface area contributed by atoms with Crippen molar-refractivity contribution >= 4 is 12.5 Å². The normalized spacial score (nSPS) is 11.9. The zero-order valence-electron chi connectivity index (χ0n) is 14.1. The molecule has 0 spiro atoms. The van der Waals surface area contributed by atoms with Gasteiger partial charge >= 0.3 is 0 Å². The van der Waals surface area contributed by atoms with Gasteiger partial charge in [-0.15, -0.1) is 0 Å². The fourth-order valence-corrected chi connectivity index (χ4v) is 2.46. The molecular weight excluding hydrogens is 260 g/mol. The van der Waals surface area contributed by atoms with Gasteiger partial charge in [0.25, 0.3) is 6.47 Å². The van der Waals surface area contributed by atoms with Gasteiger partial charge in [-0.05, 0) is 46.1 Å². The number of hydrogen-bond acceptors (Lipinski definition) is 2. The monoisotopic (exact) mass is 288 g/mol. The average molecular weight is 288 g/mol. The Kier molecular flexibility index (Phi) is 6.67. The lowest BCUT2D eigenvalue weighted by Gasteiger charge is -2.21. The minimum atomic E-state index is 0.324. The van der Waals surface area contributed by atoms with E-state index >= 15 is 0 Å². The van der Waals surface area contributed by atoms with Gasteiger partial charge in [0.2, 0.25) is 0 Å². The molecule has 0 aliphatic rings. The van der Waals surface area contributed by atoms with Crippen LogP contribution in [0.5, 0.6) is 0 Å². The van der Waals surface area contributed by atoms with Gasteiger partial charge in [-0.25, -0.2) is 0 Å². The summed E-state index contributed by atoms with van der Waals surface area (Å²) in [6.45, 7) is 14.2. The summed E-state index contributed by atoms with van der Waals surface area (Å²) in [4.78, 5) is 10.2. The summed E-state index contributed by atoms with van der Waals surface area (Å²) in [5.41, 5.74) is 5.40. The van der Waals surface area contributed by atoms with Crippen LogP contribution in [-0.4, -0.2) is 13.1 Å². The van der Waals surface area contributed by atoms with Crippen LogP contribution in [0.2, 0.25) is 0 Å². The lowest BCUT2D eigenvalue weighted by atomic mass is 9.84. The zero-order chi connectivity index (χ0) is 16.0. The molecule has 0 aromatic heterocycles. The number of carbonyl (C=O) groups excluding carboxylic acids is 1. The van der Waals surface area contributed by atoms with Crippen molar-refractivity contribution in [1.29, 1.82) is 0 Å². The highest BCUT2D eigenvalue weighted by molar-refractivity contribution is 5.61. The Hall–Kier alpha value is -1.57. The average Bonchev–Trinajstić information content (AvgIpc) is 2.42. The fraction of sp³-hybridized carbons (Fsp3) is 0.526. The van der Waals surface area contributed by atoms with Gasteiger partial charge < -0.3 is 4.74 Å². The third kappa shape index (κ3) is 4.73. The molecule has 0 N–H and O–H groups in total. The first kappa shape index (κ1) is 17.5. The predicted molar refractivity (Wildman–Crippen MR) is 89.8 cm³/mol. The van der Waals surface area contributed by atoms with Crippen LogP contribution in [0.3, 0.4) is 0 Å². The summed E-state index contributed by atoms with van der Waals surface area (Å²) in [5, 5.41) is 0. The van der Waals surface area contributed by atoms with E-state index in [4.69, 9.17) is 4.74 Å². The Morgan fingerprint density at radius 3 is 1.86 bits per heavy atom. The van der Waals surface area contributed by atoms with Crippen LogP contribution in [0.25, 0.3) is 6.08 Å². The quantitative estimate of drug-likeness (QED) is 0.506. The second-order valence-electron chi connectivity index (χ2n) is 6.41.